The van der Waals surface area contributed by atoms with Gasteiger partial charge in [-0.25, -0.2) is 4.98 Å². The Balaban J connectivity index is 1.53. The van der Waals surface area contributed by atoms with Crippen molar-refractivity contribution in [1.82, 2.24) is 10.3 Å². The number of nitrogens with one attached hydrogen (secondary N) is 2. The van der Waals surface area contributed by atoms with Gasteiger partial charge in [0, 0.05) is 11.6 Å². The van der Waals surface area contributed by atoms with Crippen molar-refractivity contribution in [3.63, 3.8) is 0 Å². The zero-order chi connectivity index (χ0) is 19.5. The van der Waals surface area contributed by atoms with Gasteiger partial charge in [0.05, 0.1) is 5.75 Å². The molecule has 0 aliphatic heterocycles. The van der Waals surface area contributed by atoms with Crippen molar-refractivity contribution in [1.29, 1.82) is 0 Å². The highest BCUT2D eigenvalue weighted by molar-refractivity contribution is 9.10. The zero-order valence-electron chi connectivity index (χ0n) is 14.6. The average Bonchev–Trinajstić information content (AvgIpc) is 3.24. The molecule has 6 nitrogen and oxygen atoms in total. The van der Waals surface area contributed by atoms with E-state index in [4.69, 9.17) is 4.42 Å². The average molecular weight is 478 g/mol. The molecule has 0 spiro atoms. The van der Waals surface area contributed by atoms with E-state index in [0.29, 0.717) is 27.2 Å². The van der Waals surface area contributed by atoms with Crippen LogP contribution < -0.4 is 10.6 Å². The summed E-state index contributed by atoms with van der Waals surface area (Å²) in [6, 6.07) is 13.2. The summed E-state index contributed by atoms with van der Waals surface area (Å²) in [6.07, 6.45) is 2.12. The second-order valence-corrected chi connectivity index (χ2v) is 9.21. The summed E-state index contributed by atoms with van der Waals surface area (Å²) in [7, 11) is 0. The number of thioether (sulfide) groups is 1. The third kappa shape index (κ3) is 4.84. The van der Waals surface area contributed by atoms with Crippen LogP contribution in [0.25, 0.3) is 11.3 Å². The van der Waals surface area contributed by atoms with Crippen LogP contribution in [0.4, 0.5) is 5.00 Å². The highest BCUT2D eigenvalue weighted by Gasteiger charge is 2.24. The van der Waals surface area contributed by atoms with E-state index >= 15 is 0 Å². The molecule has 0 saturated heterocycles. The van der Waals surface area contributed by atoms with Crippen LogP contribution in [0.15, 0.2) is 55.9 Å². The van der Waals surface area contributed by atoms with E-state index in [1.165, 1.54) is 23.1 Å². The van der Waals surface area contributed by atoms with Gasteiger partial charge in [0.2, 0.25) is 5.91 Å². The molecule has 3 aromatic rings. The largest absolute Gasteiger partial charge is 0.444 e. The Bertz CT molecular complexity index is 999. The van der Waals surface area contributed by atoms with E-state index in [-0.39, 0.29) is 17.6 Å². The molecule has 28 heavy (non-hydrogen) atoms. The number of aromatic nitrogens is 1. The summed E-state index contributed by atoms with van der Waals surface area (Å²) in [5.41, 5.74) is 1.57. The second kappa shape index (κ2) is 8.50. The molecule has 1 saturated carbocycles. The molecule has 1 aliphatic rings. The van der Waals surface area contributed by atoms with Crippen molar-refractivity contribution in [2.24, 2.45) is 0 Å². The van der Waals surface area contributed by atoms with Crippen LogP contribution >= 0.6 is 39.0 Å². The molecule has 2 N–H and O–H groups in total. The Labute approximate surface area is 178 Å². The van der Waals surface area contributed by atoms with Gasteiger partial charge in [-0.15, -0.1) is 0 Å². The van der Waals surface area contributed by atoms with E-state index < -0.39 is 0 Å². The summed E-state index contributed by atoms with van der Waals surface area (Å²) >= 11 is 5.91. The lowest BCUT2D eigenvalue weighted by atomic mass is 10.2. The van der Waals surface area contributed by atoms with E-state index in [0.717, 1.165) is 22.7 Å². The normalized spacial score (nSPS) is 13.3. The minimum absolute atomic E-state index is 0.00924. The first-order chi connectivity index (χ1) is 13.6. The van der Waals surface area contributed by atoms with Gasteiger partial charge in [0.15, 0.2) is 14.8 Å². The highest BCUT2D eigenvalue weighted by atomic mass is 79.9. The lowest BCUT2D eigenvalue weighted by Crippen LogP contribution is -2.26. The molecule has 0 atom stereocenters. The van der Waals surface area contributed by atoms with Crippen molar-refractivity contribution >= 4 is 55.8 Å². The minimum Gasteiger partial charge on any atom is -0.444 e. The van der Waals surface area contributed by atoms with Crippen LogP contribution in [0.3, 0.4) is 0 Å². The predicted octanol–water partition coefficient (Wildman–Crippen LogP) is 4.79. The van der Waals surface area contributed by atoms with Crippen molar-refractivity contribution in [3.05, 3.63) is 52.9 Å². The molecule has 0 bridgehead atoms. The van der Waals surface area contributed by atoms with Gasteiger partial charge in [-0.1, -0.05) is 53.4 Å². The van der Waals surface area contributed by atoms with Gasteiger partial charge in [0.25, 0.3) is 5.91 Å². The smallest absolute Gasteiger partial charge is 0.292 e. The highest BCUT2D eigenvalue weighted by Crippen LogP contribution is 2.38. The van der Waals surface area contributed by atoms with Crippen LogP contribution in [-0.2, 0) is 4.79 Å². The Morgan fingerprint density at radius 1 is 1.21 bits per heavy atom. The molecule has 1 aliphatic carbocycles. The number of hydrogen-bond donors (Lipinski definition) is 2. The monoisotopic (exact) mass is 477 g/mol. The number of rotatable bonds is 7. The van der Waals surface area contributed by atoms with Gasteiger partial charge in [0.1, 0.15) is 10.7 Å². The molecular weight excluding hydrogens is 462 g/mol. The third-order valence-electron chi connectivity index (χ3n) is 3.95. The van der Waals surface area contributed by atoms with Gasteiger partial charge in [-0.2, -0.15) is 0 Å². The Morgan fingerprint density at radius 2 is 2.00 bits per heavy atom. The fourth-order valence-corrected chi connectivity index (χ4v) is 4.64. The maximum Gasteiger partial charge on any atom is 0.292 e. The molecule has 144 valence electrons. The number of halogens is 1. The number of nitrogens with zero attached hydrogens (tertiary/aromatic N) is 1. The number of carbonyl (C=O) groups is 2. The summed E-state index contributed by atoms with van der Waals surface area (Å²) in [5.74, 6) is 0.165. The molecule has 4 rings (SSSR count). The summed E-state index contributed by atoms with van der Waals surface area (Å²) in [6.45, 7) is 0. The number of carbonyl (C=O) groups excluding carboxylic acids is 2. The van der Waals surface area contributed by atoms with Crippen LogP contribution in [0.2, 0.25) is 0 Å². The summed E-state index contributed by atoms with van der Waals surface area (Å²) in [4.78, 5) is 29.1. The standard InChI is InChI=1S/C19H16BrN3O3S2/c20-14-9-8-13(26-14)17(25)23-18-16(11-4-2-1-3-5-11)22-19(28-18)27-10-15(24)21-12-6-7-12/h1-5,8-9,12H,6-7,10H2,(H,21,24)(H,23,25). The number of hydrogen-bond acceptors (Lipinski definition) is 6. The number of thiazole rings is 1. The van der Waals surface area contributed by atoms with E-state index in [1.807, 2.05) is 30.3 Å². The zero-order valence-corrected chi connectivity index (χ0v) is 17.8. The number of benzene rings is 1. The quantitative estimate of drug-likeness (QED) is 0.477. The first-order valence-electron chi connectivity index (χ1n) is 8.63. The third-order valence-corrected chi connectivity index (χ3v) is 6.49. The molecule has 1 fully saturated rings. The summed E-state index contributed by atoms with van der Waals surface area (Å²) in [5, 5.41) is 6.46. The number of amides is 2. The molecule has 2 amide bonds. The van der Waals surface area contributed by atoms with Crippen molar-refractivity contribution in [3.8, 4) is 11.3 Å². The molecular formula is C19H16BrN3O3S2. The number of anilines is 1. The Hall–Kier alpha value is -2.10. The fourth-order valence-electron chi connectivity index (χ4n) is 2.46. The molecule has 1 aromatic carbocycles. The van der Waals surface area contributed by atoms with E-state index in [1.54, 1.807) is 12.1 Å². The van der Waals surface area contributed by atoms with Gasteiger partial charge in [-0.05, 0) is 40.9 Å². The second-order valence-electron chi connectivity index (χ2n) is 6.21. The van der Waals surface area contributed by atoms with Crippen molar-refractivity contribution in [2.45, 2.75) is 23.2 Å². The summed E-state index contributed by atoms with van der Waals surface area (Å²) < 4.78 is 6.53. The van der Waals surface area contributed by atoms with Crippen molar-refractivity contribution < 1.29 is 14.0 Å². The molecule has 0 unspecified atom stereocenters. The van der Waals surface area contributed by atoms with Gasteiger partial charge < -0.3 is 15.1 Å². The molecule has 0 radical (unpaired) electrons. The lowest BCUT2D eigenvalue weighted by Gasteiger charge is -2.03. The SMILES string of the molecule is O=C(CSc1nc(-c2ccccc2)c(NC(=O)c2ccc(Br)o2)s1)NC1CC1. The predicted molar refractivity (Wildman–Crippen MR) is 114 cm³/mol. The van der Waals surface area contributed by atoms with Crippen LogP contribution in [0.1, 0.15) is 23.4 Å². The Kier molecular flexibility index (Phi) is 5.84. The van der Waals surface area contributed by atoms with E-state index in [9.17, 15) is 9.59 Å². The minimum atomic E-state index is -0.352. The van der Waals surface area contributed by atoms with Crippen LogP contribution in [-0.4, -0.2) is 28.6 Å². The maximum atomic E-state index is 12.5. The lowest BCUT2D eigenvalue weighted by molar-refractivity contribution is -0.118. The first-order valence-corrected chi connectivity index (χ1v) is 11.2. The fraction of sp³-hybridized carbons (Fsp3) is 0.211. The van der Waals surface area contributed by atoms with Gasteiger partial charge >= 0.3 is 0 Å². The van der Waals surface area contributed by atoms with Crippen molar-refractivity contribution in [2.75, 3.05) is 11.1 Å². The maximum absolute atomic E-state index is 12.5. The number of furan rings is 1. The van der Waals surface area contributed by atoms with Gasteiger partial charge in [-0.3, -0.25) is 9.59 Å². The van der Waals surface area contributed by atoms with Crippen LogP contribution in [0.5, 0.6) is 0 Å². The van der Waals surface area contributed by atoms with E-state index in [2.05, 4.69) is 31.5 Å². The Morgan fingerprint density at radius 3 is 2.68 bits per heavy atom. The molecule has 2 heterocycles. The molecule has 9 heteroatoms. The topological polar surface area (TPSA) is 84.2 Å². The van der Waals surface area contributed by atoms with Crippen LogP contribution in [0, 0.1) is 0 Å². The first kappa shape index (κ1) is 19.2. The molecule has 2 aromatic heterocycles.